The molecule has 2 aromatic heterocycles. The topological polar surface area (TPSA) is 7.76 Å². The van der Waals surface area contributed by atoms with E-state index < -0.39 is 0 Å². The lowest BCUT2D eigenvalue weighted by Crippen LogP contribution is -2.33. The predicted octanol–water partition coefficient (Wildman–Crippen LogP) is 6.26. The minimum Gasteiger partial charge on any atom is -0.200 e. The third kappa shape index (κ3) is 4.97. The number of nitrogens with zero attached hydrogens (tertiary/aromatic N) is 2. The smallest absolute Gasteiger partial charge is 0.176 e. The van der Waals surface area contributed by atoms with Crippen LogP contribution in [0.4, 0.5) is 0 Å². The molecule has 0 fully saturated rings. The van der Waals surface area contributed by atoms with Gasteiger partial charge in [-0.3, -0.25) is 0 Å². The molecule has 0 atom stereocenters. The molecule has 4 aromatic carbocycles. The molecule has 6 aromatic rings. The summed E-state index contributed by atoms with van der Waals surface area (Å²) in [5.41, 5.74) is 5.32. The van der Waals surface area contributed by atoms with Gasteiger partial charge in [0.15, 0.2) is 37.9 Å². The molecule has 35 heavy (non-hydrogen) atoms. The van der Waals surface area contributed by atoms with Crippen molar-refractivity contribution in [1.29, 1.82) is 0 Å². The molecule has 2 heteroatoms. The number of hydrogen-bond donors (Lipinski definition) is 0. The normalized spacial score (nSPS) is 11.2. The van der Waals surface area contributed by atoms with Crippen LogP contribution in [0.3, 0.4) is 0 Å². The lowest BCUT2D eigenvalue weighted by molar-refractivity contribution is -0.687. The summed E-state index contributed by atoms with van der Waals surface area (Å²) in [7, 11) is 0. The second kappa shape index (κ2) is 9.52. The van der Waals surface area contributed by atoms with Gasteiger partial charge in [-0.15, -0.1) is 0 Å². The van der Waals surface area contributed by atoms with Gasteiger partial charge in [-0.2, -0.15) is 0 Å². The van der Waals surface area contributed by atoms with Crippen LogP contribution in [0.15, 0.2) is 134 Å². The largest absolute Gasteiger partial charge is 0.200 e. The van der Waals surface area contributed by atoms with Crippen molar-refractivity contribution in [1.82, 2.24) is 0 Å². The monoisotopic (exact) mass is 452 g/mol. The van der Waals surface area contributed by atoms with Crippen molar-refractivity contribution in [3.63, 3.8) is 0 Å². The first-order valence-electron chi connectivity index (χ1n) is 12.2. The summed E-state index contributed by atoms with van der Waals surface area (Å²) in [4.78, 5) is 0. The molecule has 0 saturated heterocycles. The summed E-state index contributed by atoms with van der Waals surface area (Å²) in [5.74, 6) is 0. The van der Waals surface area contributed by atoms with Crippen molar-refractivity contribution >= 4 is 21.5 Å². The Bertz CT molecular complexity index is 1480. The first-order chi connectivity index (χ1) is 17.3. The summed E-state index contributed by atoms with van der Waals surface area (Å²) in [5, 5.41) is 5.10. The molecule has 168 valence electrons. The van der Waals surface area contributed by atoms with E-state index in [1.807, 2.05) is 0 Å². The lowest BCUT2D eigenvalue weighted by Gasteiger charge is -2.05. The molecule has 0 aliphatic heterocycles. The van der Waals surface area contributed by atoms with E-state index in [0.29, 0.717) is 0 Å². The Balaban J connectivity index is 1.10. The number of rotatable bonds is 6. The van der Waals surface area contributed by atoms with Crippen molar-refractivity contribution in [2.75, 3.05) is 0 Å². The average molecular weight is 453 g/mol. The van der Waals surface area contributed by atoms with Gasteiger partial charge in [-0.25, -0.2) is 9.13 Å². The highest BCUT2D eigenvalue weighted by Crippen LogP contribution is 2.14. The Morgan fingerprint density at radius 1 is 0.371 bits per heavy atom. The number of benzene rings is 4. The van der Waals surface area contributed by atoms with Gasteiger partial charge in [0.25, 0.3) is 0 Å². The van der Waals surface area contributed by atoms with Gasteiger partial charge in [-0.1, -0.05) is 84.9 Å². The van der Waals surface area contributed by atoms with E-state index in [0.717, 1.165) is 19.5 Å². The standard InChI is InChI=1S/C33H28N2/c1-3-7-32-24-34(19-17-30(32)5-1)22-28-13-9-26(10-14-28)21-27-11-15-29(16-12-27)23-35-20-18-31-6-2-4-8-33(31)25-35/h1-20,24-25H,21-23H2/q+2. The van der Waals surface area contributed by atoms with Crippen molar-refractivity contribution in [3.05, 3.63) is 156 Å². The van der Waals surface area contributed by atoms with Gasteiger partial charge in [0.1, 0.15) is 0 Å². The summed E-state index contributed by atoms with van der Waals surface area (Å²) in [6.45, 7) is 1.76. The number of aromatic nitrogens is 2. The average Bonchev–Trinajstić information content (AvgIpc) is 2.91. The molecule has 0 amide bonds. The van der Waals surface area contributed by atoms with Crippen LogP contribution in [0.1, 0.15) is 22.3 Å². The first-order valence-corrected chi connectivity index (χ1v) is 12.2. The highest BCUT2D eigenvalue weighted by atomic mass is 14.9. The zero-order valence-electron chi connectivity index (χ0n) is 19.7. The van der Waals surface area contributed by atoms with E-state index in [-0.39, 0.29) is 0 Å². The van der Waals surface area contributed by atoms with E-state index in [9.17, 15) is 0 Å². The zero-order valence-corrected chi connectivity index (χ0v) is 19.7. The maximum Gasteiger partial charge on any atom is 0.176 e. The van der Waals surface area contributed by atoms with Crippen LogP contribution in [0, 0.1) is 0 Å². The van der Waals surface area contributed by atoms with E-state index in [1.165, 1.54) is 43.8 Å². The zero-order chi connectivity index (χ0) is 23.5. The molecule has 0 saturated carbocycles. The summed E-state index contributed by atoms with van der Waals surface area (Å²) in [6, 6.07) is 39.4. The van der Waals surface area contributed by atoms with Crippen molar-refractivity contribution in [3.8, 4) is 0 Å². The highest BCUT2D eigenvalue weighted by Gasteiger charge is 2.07. The number of hydrogen-bond acceptors (Lipinski definition) is 0. The number of fused-ring (bicyclic) bond motifs is 2. The first kappa shape index (κ1) is 21.2. The van der Waals surface area contributed by atoms with Crippen molar-refractivity contribution < 1.29 is 9.13 Å². The Morgan fingerprint density at radius 2 is 0.743 bits per heavy atom. The van der Waals surface area contributed by atoms with Crippen LogP contribution in [0.25, 0.3) is 21.5 Å². The molecule has 0 spiro atoms. The quantitative estimate of drug-likeness (QED) is 0.264. The molecular weight excluding hydrogens is 424 g/mol. The van der Waals surface area contributed by atoms with Gasteiger partial charge in [-0.05, 0) is 40.5 Å². The Labute approximate surface area is 206 Å². The SMILES string of the molecule is c1ccc2c[n+](Cc3ccc(Cc4ccc(C[n+]5ccc6ccccc6c5)cc4)cc3)ccc2c1. The molecule has 0 unspecified atom stereocenters. The van der Waals surface area contributed by atoms with Crippen LogP contribution in [0.2, 0.25) is 0 Å². The van der Waals surface area contributed by atoms with E-state index in [2.05, 4.69) is 143 Å². The van der Waals surface area contributed by atoms with Gasteiger partial charge in [0.2, 0.25) is 0 Å². The van der Waals surface area contributed by atoms with Gasteiger partial charge in [0, 0.05) is 34.0 Å². The predicted molar refractivity (Wildman–Crippen MR) is 142 cm³/mol. The molecule has 2 heterocycles. The fourth-order valence-electron chi connectivity index (χ4n) is 4.74. The van der Waals surface area contributed by atoms with Gasteiger partial charge in [0.05, 0.1) is 0 Å². The molecule has 0 aliphatic carbocycles. The third-order valence-corrected chi connectivity index (χ3v) is 6.68. The maximum atomic E-state index is 2.26. The fraction of sp³-hybridized carbons (Fsp3) is 0.0909. The van der Waals surface area contributed by atoms with Gasteiger partial charge >= 0.3 is 0 Å². The summed E-state index contributed by atoms with van der Waals surface area (Å²) >= 11 is 0. The molecule has 0 aliphatic rings. The van der Waals surface area contributed by atoms with Crippen LogP contribution in [-0.2, 0) is 19.5 Å². The van der Waals surface area contributed by atoms with Crippen LogP contribution < -0.4 is 9.13 Å². The van der Waals surface area contributed by atoms with Crippen LogP contribution in [0.5, 0.6) is 0 Å². The minimum absolute atomic E-state index is 0.881. The fourth-order valence-corrected chi connectivity index (χ4v) is 4.74. The highest BCUT2D eigenvalue weighted by molar-refractivity contribution is 5.81. The second-order valence-corrected chi connectivity index (χ2v) is 9.30. The van der Waals surface area contributed by atoms with E-state index in [4.69, 9.17) is 0 Å². The molecule has 6 rings (SSSR count). The maximum absolute atomic E-state index is 2.26. The van der Waals surface area contributed by atoms with Crippen molar-refractivity contribution in [2.45, 2.75) is 19.5 Å². The summed E-state index contributed by atoms with van der Waals surface area (Å²) < 4.78 is 4.51. The summed E-state index contributed by atoms with van der Waals surface area (Å²) in [6.07, 6.45) is 9.72. The van der Waals surface area contributed by atoms with E-state index >= 15 is 0 Å². The third-order valence-electron chi connectivity index (χ3n) is 6.68. The van der Waals surface area contributed by atoms with E-state index in [1.54, 1.807) is 0 Å². The molecule has 2 nitrogen and oxygen atoms in total. The molecule has 0 radical (unpaired) electrons. The molecule has 0 N–H and O–H groups in total. The lowest BCUT2D eigenvalue weighted by atomic mass is 10.0. The Kier molecular flexibility index (Phi) is 5.78. The number of pyridine rings is 2. The Hall–Kier alpha value is -4.30. The van der Waals surface area contributed by atoms with Crippen LogP contribution >= 0.6 is 0 Å². The molecular formula is C33H28N2+2. The van der Waals surface area contributed by atoms with Crippen LogP contribution in [-0.4, -0.2) is 0 Å². The van der Waals surface area contributed by atoms with Crippen molar-refractivity contribution in [2.24, 2.45) is 0 Å². The molecule has 0 bridgehead atoms. The minimum atomic E-state index is 0.881. The Morgan fingerprint density at radius 3 is 1.17 bits per heavy atom. The second-order valence-electron chi connectivity index (χ2n) is 9.30. The van der Waals surface area contributed by atoms with Gasteiger partial charge < -0.3 is 0 Å².